The van der Waals surface area contributed by atoms with Crippen molar-refractivity contribution in [3.05, 3.63) is 18.6 Å². The van der Waals surface area contributed by atoms with E-state index in [1.165, 1.54) is 32.1 Å². The lowest BCUT2D eigenvalue weighted by Gasteiger charge is -2.42. The van der Waals surface area contributed by atoms with Crippen molar-refractivity contribution in [3.8, 4) is 0 Å². The lowest BCUT2D eigenvalue weighted by Crippen LogP contribution is -2.32. The lowest BCUT2D eigenvalue weighted by molar-refractivity contribution is 0.161. The second kappa shape index (κ2) is 3.15. The molecule has 2 aliphatic carbocycles. The van der Waals surface area contributed by atoms with Crippen LogP contribution in [0.1, 0.15) is 46.0 Å². The molecule has 0 amide bonds. The van der Waals surface area contributed by atoms with Gasteiger partial charge < -0.3 is 0 Å². The van der Waals surface area contributed by atoms with Crippen LogP contribution in [0.15, 0.2) is 12.2 Å². The fourth-order valence-corrected chi connectivity index (χ4v) is 3.14. The molecule has 2 aliphatic rings. The van der Waals surface area contributed by atoms with Crippen molar-refractivity contribution in [3.63, 3.8) is 0 Å². The summed E-state index contributed by atoms with van der Waals surface area (Å²) in [5.41, 5.74) is 2.08. The van der Waals surface area contributed by atoms with Crippen molar-refractivity contribution in [1.29, 1.82) is 0 Å². The molecular weight excluding hydrogens is 156 g/mol. The summed E-state index contributed by atoms with van der Waals surface area (Å²) in [6.07, 6.45) is 9.21. The van der Waals surface area contributed by atoms with Crippen LogP contribution in [0.25, 0.3) is 0 Å². The third-order valence-electron chi connectivity index (χ3n) is 4.16. The van der Waals surface area contributed by atoms with E-state index in [1.807, 2.05) is 0 Å². The second-order valence-electron chi connectivity index (χ2n) is 5.45. The molecule has 73 valence electrons. The first-order chi connectivity index (χ1) is 6.11. The third-order valence-corrected chi connectivity index (χ3v) is 4.16. The summed E-state index contributed by atoms with van der Waals surface area (Å²) in [5.74, 6) is 1.62. The Hall–Kier alpha value is -0.260. The zero-order chi connectivity index (χ0) is 9.47. The van der Waals surface area contributed by atoms with E-state index >= 15 is 0 Å². The minimum Gasteiger partial charge on any atom is -0.0993 e. The Bertz CT molecular complexity index is 212. The molecule has 0 aromatic carbocycles. The summed E-state index contributed by atoms with van der Waals surface area (Å²) >= 11 is 0. The van der Waals surface area contributed by atoms with Gasteiger partial charge >= 0.3 is 0 Å². The van der Waals surface area contributed by atoms with E-state index in [0.29, 0.717) is 5.41 Å². The average Bonchev–Trinajstić information content (AvgIpc) is 2.19. The highest BCUT2D eigenvalue weighted by Crippen LogP contribution is 2.50. The molecular formula is C13H21. The molecule has 2 saturated carbocycles. The SMILES string of the molecule is C=C1C2C[CH]CCC1C(C)(C)CC2. The highest BCUT2D eigenvalue weighted by atomic mass is 14.4. The van der Waals surface area contributed by atoms with Crippen molar-refractivity contribution in [2.75, 3.05) is 0 Å². The molecule has 2 fully saturated rings. The minimum atomic E-state index is 0.520. The maximum Gasteiger partial charge on any atom is -0.0152 e. The number of hydrogen-bond donors (Lipinski definition) is 0. The van der Waals surface area contributed by atoms with Crippen molar-refractivity contribution in [2.45, 2.75) is 46.0 Å². The molecule has 0 aromatic rings. The van der Waals surface area contributed by atoms with Crippen LogP contribution in [-0.2, 0) is 0 Å². The highest BCUT2D eigenvalue weighted by molar-refractivity contribution is 5.16. The van der Waals surface area contributed by atoms with Gasteiger partial charge in [-0.2, -0.15) is 0 Å². The maximum atomic E-state index is 4.33. The van der Waals surface area contributed by atoms with Crippen LogP contribution < -0.4 is 0 Å². The summed E-state index contributed by atoms with van der Waals surface area (Å²) in [6.45, 7) is 9.18. The van der Waals surface area contributed by atoms with Crippen LogP contribution in [0.5, 0.6) is 0 Å². The quantitative estimate of drug-likeness (QED) is 0.491. The Labute approximate surface area is 82.4 Å². The molecule has 2 unspecified atom stereocenters. The third kappa shape index (κ3) is 1.56. The van der Waals surface area contributed by atoms with E-state index < -0.39 is 0 Å². The van der Waals surface area contributed by atoms with Gasteiger partial charge in [0.1, 0.15) is 0 Å². The van der Waals surface area contributed by atoms with Crippen LogP contribution >= 0.6 is 0 Å². The normalized spacial score (nSPS) is 38.5. The molecule has 0 saturated heterocycles. The molecule has 1 radical (unpaired) electrons. The monoisotopic (exact) mass is 177 g/mol. The molecule has 2 atom stereocenters. The van der Waals surface area contributed by atoms with Crippen molar-refractivity contribution in [1.82, 2.24) is 0 Å². The number of fused-ring (bicyclic) bond motifs is 2. The van der Waals surface area contributed by atoms with Gasteiger partial charge in [0, 0.05) is 0 Å². The van der Waals surface area contributed by atoms with Gasteiger partial charge in [0.2, 0.25) is 0 Å². The van der Waals surface area contributed by atoms with Gasteiger partial charge in [-0.15, -0.1) is 0 Å². The highest BCUT2D eigenvalue weighted by Gasteiger charge is 2.39. The van der Waals surface area contributed by atoms with E-state index in [-0.39, 0.29) is 0 Å². The van der Waals surface area contributed by atoms with Gasteiger partial charge in [-0.25, -0.2) is 0 Å². The predicted octanol–water partition coefficient (Wildman–Crippen LogP) is 3.98. The standard InChI is InChI=1S/C13H21/c1-10-11-6-4-5-7-12(10)13(2,3)9-8-11/h4,11-12H,1,5-9H2,2-3H3. The van der Waals surface area contributed by atoms with Gasteiger partial charge in [0.15, 0.2) is 0 Å². The van der Waals surface area contributed by atoms with E-state index in [1.54, 1.807) is 5.57 Å². The molecule has 2 bridgehead atoms. The zero-order valence-corrected chi connectivity index (χ0v) is 8.97. The molecule has 0 heteroatoms. The van der Waals surface area contributed by atoms with Gasteiger partial charge in [-0.05, 0) is 55.8 Å². The van der Waals surface area contributed by atoms with E-state index in [2.05, 4.69) is 26.8 Å². The van der Waals surface area contributed by atoms with Crippen LogP contribution in [0.3, 0.4) is 0 Å². The van der Waals surface area contributed by atoms with Gasteiger partial charge in [-0.1, -0.05) is 26.0 Å². The minimum absolute atomic E-state index is 0.520. The van der Waals surface area contributed by atoms with Crippen LogP contribution in [0.2, 0.25) is 0 Å². The van der Waals surface area contributed by atoms with Crippen LogP contribution in [0.4, 0.5) is 0 Å². The number of allylic oxidation sites excluding steroid dienone is 1. The number of hydrogen-bond acceptors (Lipinski definition) is 0. The average molecular weight is 177 g/mol. The molecule has 0 aliphatic heterocycles. The summed E-state index contributed by atoms with van der Waals surface area (Å²) in [6, 6.07) is 0. The lowest BCUT2D eigenvalue weighted by atomic mass is 9.62. The fraction of sp³-hybridized carbons (Fsp3) is 0.769. The van der Waals surface area contributed by atoms with Crippen molar-refractivity contribution < 1.29 is 0 Å². The molecule has 13 heavy (non-hydrogen) atoms. The van der Waals surface area contributed by atoms with Crippen molar-refractivity contribution in [2.24, 2.45) is 17.3 Å². The summed E-state index contributed by atoms with van der Waals surface area (Å²) in [4.78, 5) is 0. The first-order valence-corrected chi connectivity index (χ1v) is 5.61. The fourth-order valence-electron chi connectivity index (χ4n) is 3.14. The summed E-state index contributed by atoms with van der Waals surface area (Å²) in [5, 5.41) is 0. The first kappa shape index (κ1) is 9.30. The first-order valence-electron chi connectivity index (χ1n) is 5.61. The Morgan fingerprint density at radius 1 is 1.38 bits per heavy atom. The van der Waals surface area contributed by atoms with Crippen LogP contribution in [0, 0.1) is 23.7 Å². The van der Waals surface area contributed by atoms with Crippen molar-refractivity contribution >= 4 is 0 Å². The molecule has 0 N–H and O–H groups in total. The number of rotatable bonds is 0. The molecule has 0 aromatic heterocycles. The van der Waals surface area contributed by atoms with E-state index in [9.17, 15) is 0 Å². The Morgan fingerprint density at radius 2 is 2.15 bits per heavy atom. The van der Waals surface area contributed by atoms with E-state index in [0.717, 1.165) is 11.8 Å². The second-order valence-corrected chi connectivity index (χ2v) is 5.45. The molecule has 0 nitrogen and oxygen atoms in total. The Balaban J connectivity index is 2.24. The molecule has 0 heterocycles. The van der Waals surface area contributed by atoms with Gasteiger partial charge in [0.25, 0.3) is 0 Å². The Kier molecular flexibility index (Phi) is 2.25. The maximum absolute atomic E-state index is 4.33. The van der Waals surface area contributed by atoms with E-state index in [4.69, 9.17) is 0 Å². The zero-order valence-electron chi connectivity index (χ0n) is 8.97. The Morgan fingerprint density at radius 3 is 2.92 bits per heavy atom. The molecule has 0 spiro atoms. The smallest absolute Gasteiger partial charge is 0.0152 e. The predicted molar refractivity (Wildman–Crippen MR) is 57.3 cm³/mol. The van der Waals surface area contributed by atoms with Crippen LogP contribution in [-0.4, -0.2) is 0 Å². The summed E-state index contributed by atoms with van der Waals surface area (Å²) < 4.78 is 0. The van der Waals surface area contributed by atoms with Gasteiger partial charge in [0.05, 0.1) is 0 Å². The largest absolute Gasteiger partial charge is 0.0993 e. The topological polar surface area (TPSA) is 0 Å². The van der Waals surface area contributed by atoms with Gasteiger partial charge in [-0.3, -0.25) is 0 Å². The summed E-state index contributed by atoms with van der Waals surface area (Å²) in [7, 11) is 0. The molecule has 2 rings (SSSR count).